The first-order valence-corrected chi connectivity index (χ1v) is 10.4. The summed E-state index contributed by atoms with van der Waals surface area (Å²) in [5.74, 6) is -0.828. The van der Waals surface area contributed by atoms with E-state index in [0.717, 1.165) is 36.3 Å². The van der Waals surface area contributed by atoms with Crippen molar-refractivity contribution in [1.82, 2.24) is 15.1 Å². The first kappa shape index (κ1) is 18.7. The van der Waals surface area contributed by atoms with Crippen molar-refractivity contribution in [2.24, 2.45) is 11.8 Å². The average molecular weight is 398 g/mol. The van der Waals surface area contributed by atoms with E-state index in [1.165, 1.54) is 16.2 Å². The van der Waals surface area contributed by atoms with Crippen LogP contribution in [0.4, 0.5) is 5.13 Å². The summed E-state index contributed by atoms with van der Waals surface area (Å²) in [6, 6.07) is 9.93. The monoisotopic (exact) mass is 398 g/mol. The predicted octanol–water partition coefficient (Wildman–Crippen LogP) is 2.63. The Kier molecular flexibility index (Phi) is 5.47. The Labute approximate surface area is 167 Å². The molecule has 1 aliphatic carbocycles. The van der Waals surface area contributed by atoms with E-state index < -0.39 is 0 Å². The Morgan fingerprint density at radius 3 is 2.43 bits per heavy atom. The molecule has 1 saturated carbocycles. The SMILES string of the molecule is O=C(CCN1C(=O)[C@@H]2CCCC[C@H]2C1=O)Nc1nnc(Cc2ccccc2)s1. The van der Waals surface area contributed by atoms with Crippen molar-refractivity contribution in [1.29, 1.82) is 0 Å². The molecular formula is C20H22N4O3S. The van der Waals surface area contributed by atoms with Crippen LogP contribution >= 0.6 is 11.3 Å². The second-order valence-electron chi connectivity index (χ2n) is 7.29. The predicted molar refractivity (Wildman–Crippen MR) is 105 cm³/mol. The molecule has 1 aliphatic heterocycles. The minimum absolute atomic E-state index is 0.0739. The Morgan fingerprint density at radius 1 is 1.07 bits per heavy atom. The lowest BCUT2D eigenvalue weighted by molar-refractivity contribution is -0.140. The number of nitrogens with zero attached hydrogens (tertiary/aromatic N) is 3. The van der Waals surface area contributed by atoms with Crippen LogP contribution in [-0.2, 0) is 20.8 Å². The Bertz CT molecular complexity index is 859. The number of carbonyl (C=O) groups excluding carboxylic acids is 3. The molecule has 1 saturated heterocycles. The summed E-state index contributed by atoms with van der Waals surface area (Å²) in [5.41, 5.74) is 1.13. The maximum atomic E-state index is 12.5. The fraction of sp³-hybridized carbons (Fsp3) is 0.450. The second-order valence-corrected chi connectivity index (χ2v) is 8.35. The molecule has 0 spiro atoms. The van der Waals surface area contributed by atoms with Gasteiger partial charge in [-0.2, -0.15) is 0 Å². The summed E-state index contributed by atoms with van der Waals surface area (Å²) in [6.07, 6.45) is 4.30. The molecule has 2 heterocycles. The zero-order valence-corrected chi connectivity index (χ0v) is 16.3. The Hall–Kier alpha value is -2.61. The van der Waals surface area contributed by atoms with Crippen molar-refractivity contribution >= 4 is 34.2 Å². The number of nitrogens with one attached hydrogen (secondary N) is 1. The molecule has 4 rings (SSSR count). The van der Waals surface area contributed by atoms with Crippen LogP contribution in [0.5, 0.6) is 0 Å². The molecule has 0 unspecified atom stereocenters. The molecular weight excluding hydrogens is 376 g/mol. The zero-order chi connectivity index (χ0) is 19.5. The van der Waals surface area contributed by atoms with Crippen LogP contribution in [0.15, 0.2) is 30.3 Å². The van der Waals surface area contributed by atoms with E-state index in [1.807, 2.05) is 30.3 Å². The highest BCUT2D eigenvalue weighted by Crippen LogP contribution is 2.38. The lowest BCUT2D eigenvalue weighted by atomic mass is 9.81. The highest BCUT2D eigenvalue weighted by Gasteiger charge is 2.47. The summed E-state index contributed by atoms with van der Waals surface area (Å²) in [5, 5.41) is 12.1. The lowest BCUT2D eigenvalue weighted by Crippen LogP contribution is -2.34. The van der Waals surface area contributed by atoms with Gasteiger partial charge in [-0.3, -0.25) is 19.3 Å². The van der Waals surface area contributed by atoms with Gasteiger partial charge in [0, 0.05) is 19.4 Å². The normalized spacial score (nSPS) is 21.6. The lowest BCUT2D eigenvalue weighted by Gasteiger charge is -2.19. The molecule has 3 amide bonds. The van der Waals surface area contributed by atoms with Crippen LogP contribution in [0.25, 0.3) is 0 Å². The number of aromatic nitrogens is 2. The number of carbonyl (C=O) groups is 3. The standard InChI is InChI=1S/C20H22N4O3S/c25-16(10-11-24-18(26)14-8-4-5-9-15(14)19(24)27)21-20-23-22-17(28-20)12-13-6-2-1-3-7-13/h1-3,6-7,14-15H,4-5,8-12H2,(H,21,23,25)/t14-,15-/m1/s1. The molecule has 28 heavy (non-hydrogen) atoms. The van der Waals surface area contributed by atoms with Crippen molar-refractivity contribution < 1.29 is 14.4 Å². The highest BCUT2D eigenvalue weighted by atomic mass is 32.1. The first-order chi connectivity index (χ1) is 13.6. The molecule has 7 nitrogen and oxygen atoms in total. The molecule has 2 atom stereocenters. The molecule has 2 aliphatic rings. The number of fused-ring (bicyclic) bond motifs is 1. The molecule has 8 heteroatoms. The van der Waals surface area contributed by atoms with E-state index in [1.54, 1.807) is 0 Å². The Balaban J connectivity index is 1.29. The smallest absolute Gasteiger partial charge is 0.233 e. The van der Waals surface area contributed by atoms with Gasteiger partial charge >= 0.3 is 0 Å². The minimum atomic E-state index is -0.266. The largest absolute Gasteiger partial charge is 0.300 e. The van der Waals surface area contributed by atoms with Gasteiger partial charge in [0.05, 0.1) is 11.8 Å². The minimum Gasteiger partial charge on any atom is -0.300 e. The van der Waals surface area contributed by atoms with E-state index in [2.05, 4.69) is 15.5 Å². The maximum Gasteiger partial charge on any atom is 0.233 e. The molecule has 2 fully saturated rings. The number of hydrogen-bond donors (Lipinski definition) is 1. The van der Waals surface area contributed by atoms with E-state index >= 15 is 0 Å². The van der Waals surface area contributed by atoms with Gasteiger partial charge in [-0.15, -0.1) is 10.2 Å². The quantitative estimate of drug-likeness (QED) is 0.755. The van der Waals surface area contributed by atoms with Crippen LogP contribution in [0.2, 0.25) is 0 Å². The van der Waals surface area contributed by atoms with Gasteiger partial charge in [0.15, 0.2) is 0 Å². The fourth-order valence-corrected chi connectivity index (χ4v) is 4.78. The third-order valence-corrected chi connectivity index (χ3v) is 6.24. The molecule has 146 valence electrons. The Morgan fingerprint density at radius 2 is 1.75 bits per heavy atom. The zero-order valence-electron chi connectivity index (χ0n) is 15.5. The van der Waals surface area contributed by atoms with Crippen LogP contribution in [0.3, 0.4) is 0 Å². The number of benzene rings is 1. The van der Waals surface area contributed by atoms with Gasteiger partial charge in [0.25, 0.3) is 0 Å². The van der Waals surface area contributed by atoms with Gasteiger partial charge in [-0.05, 0) is 18.4 Å². The summed E-state index contributed by atoms with van der Waals surface area (Å²) >= 11 is 1.33. The van der Waals surface area contributed by atoms with Crippen molar-refractivity contribution in [2.45, 2.75) is 38.5 Å². The van der Waals surface area contributed by atoms with Crippen molar-refractivity contribution in [3.05, 3.63) is 40.9 Å². The van der Waals surface area contributed by atoms with E-state index in [0.29, 0.717) is 11.6 Å². The van der Waals surface area contributed by atoms with E-state index in [9.17, 15) is 14.4 Å². The number of likely N-dealkylation sites (tertiary alicyclic amines) is 1. The summed E-state index contributed by atoms with van der Waals surface area (Å²) in [6.45, 7) is 0.131. The topological polar surface area (TPSA) is 92.3 Å². The van der Waals surface area contributed by atoms with Crippen LogP contribution in [0, 0.1) is 11.8 Å². The summed E-state index contributed by atoms with van der Waals surface area (Å²) in [7, 11) is 0. The van der Waals surface area contributed by atoms with Gasteiger partial charge in [0.2, 0.25) is 22.9 Å². The molecule has 0 radical (unpaired) electrons. The number of rotatable bonds is 6. The second kappa shape index (κ2) is 8.18. The molecule has 0 bridgehead atoms. The molecule has 1 N–H and O–H groups in total. The van der Waals surface area contributed by atoms with Gasteiger partial charge < -0.3 is 5.32 Å². The number of imide groups is 1. The fourth-order valence-electron chi connectivity index (χ4n) is 3.99. The molecule has 1 aromatic heterocycles. The van der Waals surface area contributed by atoms with Crippen molar-refractivity contribution in [3.63, 3.8) is 0 Å². The molecule has 1 aromatic carbocycles. The first-order valence-electron chi connectivity index (χ1n) is 9.63. The van der Waals surface area contributed by atoms with E-state index in [-0.39, 0.29) is 42.5 Å². The van der Waals surface area contributed by atoms with Crippen LogP contribution in [0.1, 0.15) is 42.7 Å². The number of anilines is 1. The van der Waals surface area contributed by atoms with Crippen molar-refractivity contribution in [2.75, 3.05) is 11.9 Å². The molecule has 2 aromatic rings. The third-order valence-electron chi connectivity index (χ3n) is 5.41. The summed E-state index contributed by atoms with van der Waals surface area (Å²) < 4.78 is 0. The maximum absolute atomic E-state index is 12.5. The summed E-state index contributed by atoms with van der Waals surface area (Å²) in [4.78, 5) is 38.4. The van der Waals surface area contributed by atoms with Crippen LogP contribution in [-0.4, -0.2) is 39.4 Å². The third kappa shape index (κ3) is 3.96. The van der Waals surface area contributed by atoms with E-state index in [4.69, 9.17) is 0 Å². The number of amides is 3. The number of hydrogen-bond acceptors (Lipinski definition) is 6. The van der Waals surface area contributed by atoms with Gasteiger partial charge in [-0.1, -0.05) is 54.5 Å². The van der Waals surface area contributed by atoms with Crippen molar-refractivity contribution in [3.8, 4) is 0 Å². The highest BCUT2D eigenvalue weighted by molar-refractivity contribution is 7.15. The van der Waals surface area contributed by atoms with Gasteiger partial charge in [-0.25, -0.2) is 0 Å². The van der Waals surface area contributed by atoms with Crippen LogP contribution < -0.4 is 5.32 Å². The van der Waals surface area contributed by atoms with Gasteiger partial charge in [0.1, 0.15) is 5.01 Å². The average Bonchev–Trinajstić information content (AvgIpc) is 3.24.